The monoisotopic (exact) mass is 538 g/mol. The third-order valence-corrected chi connectivity index (χ3v) is 8.07. The average Bonchev–Trinajstić information content (AvgIpc) is 3.32. The number of pyridine rings is 2. The molecule has 174 valence electrons. The number of H-pyrrole nitrogens is 1. The van der Waals surface area contributed by atoms with Crippen LogP contribution < -0.4 is 4.90 Å². The fraction of sp³-hybridized carbons (Fsp3) is 0. The van der Waals surface area contributed by atoms with Crippen molar-refractivity contribution in [2.75, 3.05) is 4.90 Å². The lowest BCUT2D eigenvalue weighted by atomic mass is 9.92. The first-order valence-corrected chi connectivity index (χ1v) is 13.0. The van der Waals surface area contributed by atoms with Crippen molar-refractivity contribution >= 4 is 87.1 Å². The summed E-state index contributed by atoms with van der Waals surface area (Å²) in [4.78, 5) is 14.4. The van der Waals surface area contributed by atoms with E-state index in [2.05, 4.69) is 96.4 Å². The van der Waals surface area contributed by atoms with Crippen molar-refractivity contribution < 1.29 is 0 Å². The maximum atomic E-state index is 4.22. The molecule has 0 atom stereocenters. The fourth-order valence-corrected chi connectivity index (χ4v) is 6.22. The predicted molar refractivity (Wildman–Crippen MR) is 157 cm³/mol. The summed E-state index contributed by atoms with van der Waals surface area (Å²) in [5.41, 5.74) is 5.48. The molecule has 37 heavy (non-hydrogen) atoms. The Kier molecular flexibility index (Phi) is 4.34. The summed E-state index contributed by atoms with van der Waals surface area (Å²) in [5.74, 6) is 0. The third kappa shape index (κ3) is 3.01. The van der Waals surface area contributed by atoms with Crippen LogP contribution in [0.4, 0.5) is 17.1 Å². The standard InChI is InChI=1S/C32H19BrN4/c33-28-7-3-19-1-6-25-31-20(2-5-24(28)30(19)31)17-27-26-18-23(4-8-29(26)36-32(25)27)37(21-9-13-34-14-10-21)22-11-15-35-16-12-22/h1-18,36H. The highest BCUT2D eigenvalue weighted by atomic mass is 79.9. The number of hydrogen-bond donors (Lipinski definition) is 1. The molecule has 0 radical (unpaired) electrons. The molecule has 0 amide bonds. The second kappa shape index (κ2) is 7.76. The van der Waals surface area contributed by atoms with Gasteiger partial charge in [-0.25, -0.2) is 0 Å². The van der Waals surface area contributed by atoms with E-state index in [1.807, 2.05) is 49.1 Å². The van der Waals surface area contributed by atoms with E-state index in [1.54, 1.807) is 0 Å². The Hall–Kier alpha value is -4.48. The van der Waals surface area contributed by atoms with Crippen molar-refractivity contribution in [2.45, 2.75) is 0 Å². The van der Waals surface area contributed by atoms with Gasteiger partial charge in [0.25, 0.3) is 0 Å². The van der Waals surface area contributed by atoms with Crippen LogP contribution in [-0.2, 0) is 0 Å². The van der Waals surface area contributed by atoms with Crippen LogP contribution in [0.3, 0.4) is 0 Å². The molecule has 8 aromatic rings. The summed E-state index contributed by atoms with van der Waals surface area (Å²) in [7, 11) is 0. The summed E-state index contributed by atoms with van der Waals surface area (Å²) in [5, 5.41) is 10.1. The van der Waals surface area contributed by atoms with Crippen LogP contribution in [0.25, 0.3) is 54.1 Å². The first-order valence-electron chi connectivity index (χ1n) is 12.2. The number of aromatic nitrogens is 3. The molecule has 0 aliphatic rings. The first-order chi connectivity index (χ1) is 18.3. The molecule has 0 unspecified atom stereocenters. The molecule has 0 spiro atoms. The Balaban J connectivity index is 1.43. The van der Waals surface area contributed by atoms with Crippen LogP contribution in [-0.4, -0.2) is 15.0 Å². The second-order valence-electron chi connectivity index (χ2n) is 9.37. The molecule has 4 nitrogen and oxygen atoms in total. The fourth-order valence-electron chi connectivity index (χ4n) is 5.76. The van der Waals surface area contributed by atoms with Gasteiger partial charge in [0.05, 0.1) is 5.52 Å². The predicted octanol–water partition coefficient (Wildman–Crippen LogP) is 9.24. The Labute approximate surface area is 220 Å². The zero-order valence-electron chi connectivity index (χ0n) is 19.6. The largest absolute Gasteiger partial charge is 0.354 e. The van der Waals surface area contributed by atoms with Gasteiger partial charge in [0.2, 0.25) is 0 Å². The van der Waals surface area contributed by atoms with Crippen molar-refractivity contribution in [2.24, 2.45) is 0 Å². The minimum absolute atomic E-state index is 1.05. The molecule has 8 rings (SSSR count). The van der Waals surface area contributed by atoms with Crippen LogP contribution in [0.15, 0.2) is 114 Å². The van der Waals surface area contributed by atoms with E-state index in [1.165, 1.54) is 48.6 Å². The maximum Gasteiger partial charge on any atom is 0.0545 e. The molecule has 3 heterocycles. The van der Waals surface area contributed by atoms with Crippen molar-refractivity contribution in [3.8, 4) is 0 Å². The van der Waals surface area contributed by atoms with Crippen LogP contribution in [0.1, 0.15) is 0 Å². The lowest BCUT2D eigenvalue weighted by Gasteiger charge is -2.25. The van der Waals surface area contributed by atoms with E-state index in [0.717, 1.165) is 27.1 Å². The summed E-state index contributed by atoms with van der Waals surface area (Å²) in [6, 6.07) is 30.4. The molecule has 3 aromatic heterocycles. The molecule has 5 heteroatoms. The molecule has 0 aliphatic heterocycles. The van der Waals surface area contributed by atoms with Crippen molar-refractivity contribution in [1.29, 1.82) is 0 Å². The Morgan fingerprint density at radius 1 is 0.541 bits per heavy atom. The maximum absolute atomic E-state index is 4.22. The lowest BCUT2D eigenvalue weighted by molar-refractivity contribution is 1.22. The van der Waals surface area contributed by atoms with E-state index in [0.29, 0.717) is 0 Å². The molecule has 0 bridgehead atoms. The minimum Gasteiger partial charge on any atom is -0.354 e. The Bertz CT molecular complexity index is 2060. The van der Waals surface area contributed by atoms with Gasteiger partial charge in [-0.15, -0.1) is 0 Å². The van der Waals surface area contributed by atoms with Crippen molar-refractivity contribution in [3.05, 3.63) is 114 Å². The number of aromatic amines is 1. The zero-order valence-corrected chi connectivity index (χ0v) is 21.2. The van der Waals surface area contributed by atoms with Crippen LogP contribution in [0.5, 0.6) is 0 Å². The Morgan fingerprint density at radius 3 is 1.95 bits per heavy atom. The van der Waals surface area contributed by atoms with Crippen molar-refractivity contribution in [1.82, 2.24) is 15.0 Å². The molecular formula is C32H19BrN4. The molecular weight excluding hydrogens is 520 g/mol. The molecule has 0 aliphatic carbocycles. The number of anilines is 3. The van der Waals surface area contributed by atoms with E-state index in [-0.39, 0.29) is 0 Å². The number of nitrogens with one attached hydrogen (secondary N) is 1. The molecule has 0 saturated carbocycles. The van der Waals surface area contributed by atoms with Gasteiger partial charge in [-0.2, -0.15) is 0 Å². The second-order valence-corrected chi connectivity index (χ2v) is 10.2. The normalized spacial score (nSPS) is 11.9. The van der Waals surface area contributed by atoms with E-state index in [4.69, 9.17) is 0 Å². The van der Waals surface area contributed by atoms with Crippen molar-refractivity contribution in [3.63, 3.8) is 0 Å². The number of halogens is 1. The van der Waals surface area contributed by atoms with Gasteiger partial charge in [0.15, 0.2) is 0 Å². The van der Waals surface area contributed by atoms with Gasteiger partial charge in [0, 0.05) is 68.0 Å². The summed E-state index contributed by atoms with van der Waals surface area (Å²) in [6.07, 6.45) is 7.31. The Morgan fingerprint density at radius 2 is 1.19 bits per heavy atom. The van der Waals surface area contributed by atoms with Gasteiger partial charge in [-0.1, -0.05) is 46.3 Å². The van der Waals surface area contributed by atoms with Gasteiger partial charge < -0.3 is 9.88 Å². The zero-order chi connectivity index (χ0) is 24.5. The number of benzene rings is 5. The van der Waals surface area contributed by atoms with Gasteiger partial charge >= 0.3 is 0 Å². The lowest BCUT2D eigenvalue weighted by Crippen LogP contribution is -2.09. The summed E-state index contributed by atoms with van der Waals surface area (Å²) >= 11 is 3.76. The number of nitrogens with zero attached hydrogens (tertiary/aromatic N) is 3. The van der Waals surface area contributed by atoms with Gasteiger partial charge in [0.1, 0.15) is 0 Å². The summed E-state index contributed by atoms with van der Waals surface area (Å²) < 4.78 is 1.13. The van der Waals surface area contributed by atoms with E-state index >= 15 is 0 Å². The average molecular weight is 539 g/mol. The summed E-state index contributed by atoms with van der Waals surface area (Å²) in [6.45, 7) is 0. The van der Waals surface area contributed by atoms with E-state index in [9.17, 15) is 0 Å². The molecule has 1 N–H and O–H groups in total. The van der Waals surface area contributed by atoms with Crippen LogP contribution in [0.2, 0.25) is 0 Å². The SMILES string of the molecule is Brc1ccc2ccc3c4[nH]c5ccc(N(c6ccncc6)c6ccncc6)cc5c4cc4ccc1c2c43. The third-order valence-electron chi connectivity index (χ3n) is 7.38. The topological polar surface area (TPSA) is 44.8 Å². The highest BCUT2D eigenvalue weighted by molar-refractivity contribution is 9.10. The van der Waals surface area contributed by atoms with Crippen LogP contribution >= 0.6 is 15.9 Å². The number of rotatable bonds is 3. The highest BCUT2D eigenvalue weighted by Crippen LogP contribution is 2.43. The quantitative estimate of drug-likeness (QED) is 0.228. The van der Waals surface area contributed by atoms with Crippen LogP contribution in [0, 0.1) is 0 Å². The molecule has 5 aromatic carbocycles. The molecule has 0 saturated heterocycles. The van der Waals surface area contributed by atoms with Gasteiger partial charge in [-0.05, 0) is 81.5 Å². The molecule has 0 fully saturated rings. The first kappa shape index (κ1) is 20.7. The minimum atomic E-state index is 1.05. The van der Waals surface area contributed by atoms with E-state index < -0.39 is 0 Å². The highest BCUT2D eigenvalue weighted by Gasteiger charge is 2.17. The van der Waals surface area contributed by atoms with Gasteiger partial charge in [-0.3, -0.25) is 9.97 Å². The smallest absolute Gasteiger partial charge is 0.0545 e. The number of fused-ring (bicyclic) bond motifs is 4. The number of hydrogen-bond acceptors (Lipinski definition) is 3.